The lowest BCUT2D eigenvalue weighted by Crippen LogP contribution is -2.13. The molecule has 3 aromatic rings. The van der Waals surface area contributed by atoms with Crippen LogP contribution in [0.25, 0.3) is 11.3 Å². The summed E-state index contributed by atoms with van der Waals surface area (Å²) in [6.45, 7) is 2.00. The molecule has 0 N–H and O–H groups in total. The van der Waals surface area contributed by atoms with Gasteiger partial charge in [-0.25, -0.2) is 8.78 Å². The Kier molecular flexibility index (Phi) is 3.65. The molecule has 1 aliphatic heterocycles. The maximum absolute atomic E-state index is 14.4. The summed E-state index contributed by atoms with van der Waals surface area (Å²) in [6.07, 6.45) is 0. The number of halogens is 2. The molecule has 0 saturated heterocycles. The monoisotopic (exact) mass is 325 g/mol. The number of rotatable bonds is 3. The molecule has 3 nitrogen and oxygen atoms in total. The highest BCUT2D eigenvalue weighted by Crippen LogP contribution is 2.33. The molecule has 0 bridgehead atoms. The van der Waals surface area contributed by atoms with Gasteiger partial charge < -0.3 is 0 Å². The van der Waals surface area contributed by atoms with Crippen LogP contribution in [-0.2, 0) is 19.6 Å². The third-order valence-electron chi connectivity index (χ3n) is 4.36. The average molecular weight is 325 g/mol. The van der Waals surface area contributed by atoms with Gasteiger partial charge in [0.1, 0.15) is 11.6 Å². The second-order valence-corrected chi connectivity index (χ2v) is 6.21. The van der Waals surface area contributed by atoms with E-state index in [1.54, 1.807) is 24.3 Å². The normalized spacial score (nSPS) is 14.1. The van der Waals surface area contributed by atoms with Crippen LogP contribution in [0.15, 0.2) is 48.5 Å². The molecule has 0 spiro atoms. The summed E-state index contributed by atoms with van der Waals surface area (Å²) < 4.78 is 29.3. The third-order valence-corrected chi connectivity index (χ3v) is 4.36. The summed E-state index contributed by atoms with van der Waals surface area (Å²) in [4.78, 5) is 2.16. The minimum absolute atomic E-state index is 0.255. The van der Waals surface area contributed by atoms with E-state index in [-0.39, 0.29) is 11.6 Å². The highest BCUT2D eigenvalue weighted by atomic mass is 19.1. The zero-order valence-electron chi connectivity index (χ0n) is 13.3. The fourth-order valence-corrected chi connectivity index (χ4v) is 3.26. The van der Waals surface area contributed by atoms with E-state index in [1.807, 2.05) is 17.8 Å². The number of nitrogens with zero attached hydrogens (tertiary/aromatic N) is 3. The molecule has 4 rings (SSSR count). The topological polar surface area (TPSA) is 21.1 Å². The second kappa shape index (κ2) is 5.83. The number of benzene rings is 2. The zero-order chi connectivity index (χ0) is 16.7. The molecule has 2 aromatic carbocycles. The molecule has 0 amide bonds. The van der Waals surface area contributed by atoms with Crippen molar-refractivity contribution >= 4 is 0 Å². The molecule has 0 aliphatic carbocycles. The molecular formula is C19H17F2N3. The van der Waals surface area contributed by atoms with Crippen LogP contribution in [0.4, 0.5) is 8.78 Å². The predicted octanol–water partition coefficient (Wildman–Crippen LogP) is 3.82. The van der Waals surface area contributed by atoms with Gasteiger partial charge in [0.25, 0.3) is 0 Å². The van der Waals surface area contributed by atoms with E-state index in [9.17, 15) is 8.78 Å². The molecule has 5 heteroatoms. The number of hydrogen-bond donors (Lipinski definition) is 0. The van der Waals surface area contributed by atoms with Gasteiger partial charge in [0, 0.05) is 24.2 Å². The molecule has 0 atom stereocenters. The van der Waals surface area contributed by atoms with E-state index in [0.29, 0.717) is 12.1 Å². The molecular weight excluding hydrogens is 308 g/mol. The fourth-order valence-electron chi connectivity index (χ4n) is 3.26. The first-order valence-electron chi connectivity index (χ1n) is 7.88. The lowest BCUT2D eigenvalue weighted by molar-refractivity contribution is 0.346. The van der Waals surface area contributed by atoms with Gasteiger partial charge >= 0.3 is 0 Å². The lowest BCUT2D eigenvalue weighted by atomic mass is 10.1. The van der Waals surface area contributed by atoms with E-state index < -0.39 is 0 Å². The van der Waals surface area contributed by atoms with Gasteiger partial charge in [-0.1, -0.05) is 24.3 Å². The van der Waals surface area contributed by atoms with Crippen LogP contribution in [0.2, 0.25) is 0 Å². The first-order chi connectivity index (χ1) is 11.6. The standard InChI is InChI=1S/C19H17F2N3/c1-23-11-16-18(12-23)22-24(10-13-6-8-14(20)9-7-13)19(16)15-4-2-3-5-17(15)21/h2-9H,10-12H2,1H3. The smallest absolute Gasteiger partial charge is 0.132 e. The SMILES string of the molecule is CN1Cc2nn(Cc3ccc(F)cc3)c(-c3ccccc3F)c2C1. The van der Waals surface area contributed by atoms with Crippen molar-refractivity contribution in [2.75, 3.05) is 7.05 Å². The molecule has 1 aliphatic rings. The van der Waals surface area contributed by atoms with Gasteiger partial charge in [-0.15, -0.1) is 0 Å². The van der Waals surface area contributed by atoms with Crippen LogP contribution in [0.3, 0.4) is 0 Å². The quantitative estimate of drug-likeness (QED) is 0.730. The largest absolute Gasteiger partial charge is 0.296 e. The van der Waals surface area contributed by atoms with Gasteiger partial charge in [0.05, 0.1) is 17.9 Å². The first-order valence-corrected chi connectivity index (χ1v) is 7.88. The van der Waals surface area contributed by atoms with E-state index in [0.717, 1.165) is 35.6 Å². The Labute approximate surface area is 139 Å². The van der Waals surface area contributed by atoms with Crippen molar-refractivity contribution in [3.8, 4) is 11.3 Å². The van der Waals surface area contributed by atoms with Crippen molar-refractivity contribution in [3.05, 3.63) is 77.0 Å². The van der Waals surface area contributed by atoms with Crippen LogP contribution in [-0.4, -0.2) is 21.7 Å². The summed E-state index contributed by atoms with van der Waals surface area (Å²) in [5.41, 5.74) is 4.37. The van der Waals surface area contributed by atoms with Crippen LogP contribution in [0.1, 0.15) is 16.8 Å². The molecule has 0 radical (unpaired) electrons. The Hall–Kier alpha value is -2.53. The molecule has 24 heavy (non-hydrogen) atoms. The Bertz CT molecular complexity index is 884. The number of hydrogen-bond acceptors (Lipinski definition) is 2. The van der Waals surface area contributed by atoms with Gasteiger partial charge in [-0.05, 0) is 36.9 Å². The number of fused-ring (bicyclic) bond motifs is 1. The zero-order valence-corrected chi connectivity index (χ0v) is 13.3. The maximum atomic E-state index is 14.4. The second-order valence-electron chi connectivity index (χ2n) is 6.21. The average Bonchev–Trinajstić information content (AvgIpc) is 3.06. The van der Waals surface area contributed by atoms with Crippen LogP contribution >= 0.6 is 0 Å². The number of aromatic nitrogens is 2. The molecule has 2 heterocycles. The maximum Gasteiger partial charge on any atom is 0.132 e. The molecule has 0 fully saturated rings. The first kappa shape index (κ1) is 15.0. The van der Waals surface area contributed by atoms with Crippen molar-refractivity contribution in [3.63, 3.8) is 0 Å². The molecule has 0 unspecified atom stereocenters. The van der Waals surface area contributed by atoms with Gasteiger partial charge in [-0.2, -0.15) is 5.10 Å². The molecule has 0 saturated carbocycles. The van der Waals surface area contributed by atoms with Crippen LogP contribution in [0, 0.1) is 11.6 Å². The van der Waals surface area contributed by atoms with E-state index in [4.69, 9.17) is 5.10 Å². The molecule has 1 aromatic heterocycles. The van der Waals surface area contributed by atoms with Crippen molar-refractivity contribution in [1.29, 1.82) is 0 Å². The summed E-state index contributed by atoms with van der Waals surface area (Å²) >= 11 is 0. The van der Waals surface area contributed by atoms with Crippen molar-refractivity contribution in [2.24, 2.45) is 0 Å². The van der Waals surface area contributed by atoms with Gasteiger partial charge in [-0.3, -0.25) is 9.58 Å². The van der Waals surface area contributed by atoms with Gasteiger partial charge in [0.15, 0.2) is 0 Å². The van der Waals surface area contributed by atoms with E-state index >= 15 is 0 Å². The van der Waals surface area contributed by atoms with Crippen molar-refractivity contribution in [1.82, 2.24) is 14.7 Å². The fraction of sp³-hybridized carbons (Fsp3) is 0.211. The third kappa shape index (κ3) is 2.61. The van der Waals surface area contributed by atoms with Crippen molar-refractivity contribution < 1.29 is 8.78 Å². The van der Waals surface area contributed by atoms with E-state index in [2.05, 4.69) is 4.90 Å². The Morgan fingerprint density at radius 1 is 1.00 bits per heavy atom. The summed E-state index contributed by atoms with van der Waals surface area (Å²) in [5.74, 6) is -0.521. The summed E-state index contributed by atoms with van der Waals surface area (Å²) in [5, 5.41) is 4.69. The highest BCUT2D eigenvalue weighted by Gasteiger charge is 2.27. The Morgan fingerprint density at radius 2 is 1.75 bits per heavy atom. The van der Waals surface area contributed by atoms with Crippen LogP contribution < -0.4 is 0 Å². The minimum atomic E-state index is -0.266. The summed E-state index contributed by atoms with van der Waals surface area (Å²) in [7, 11) is 2.02. The Morgan fingerprint density at radius 3 is 2.50 bits per heavy atom. The Balaban J connectivity index is 1.81. The summed E-state index contributed by atoms with van der Waals surface area (Å²) in [6, 6.07) is 13.1. The minimum Gasteiger partial charge on any atom is -0.296 e. The molecule has 122 valence electrons. The lowest BCUT2D eigenvalue weighted by Gasteiger charge is -2.13. The van der Waals surface area contributed by atoms with Crippen LogP contribution in [0.5, 0.6) is 0 Å². The van der Waals surface area contributed by atoms with Gasteiger partial charge in [0.2, 0.25) is 0 Å². The predicted molar refractivity (Wildman–Crippen MR) is 88.3 cm³/mol. The van der Waals surface area contributed by atoms with E-state index in [1.165, 1.54) is 18.2 Å². The van der Waals surface area contributed by atoms with Crippen molar-refractivity contribution in [2.45, 2.75) is 19.6 Å². The highest BCUT2D eigenvalue weighted by molar-refractivity contribution is 5.66.